The molecular weight excluding hydrogens is 275 g/mol. The van der Waals surface area contributed by atoms with Crippen LogP contribution in [0.4, 0.5) is 4.39 Å². The first-order valence-corrected chi connectivity index (χ1v) is 7.20. The summed E-state index contributed by atoms with van der Waals surface area (Å²) in [5.74, 6) is -1.83. The first kappa shape index (κ1) is 15.8. The zero-order valence-corrected chi connectivity index (χ0v) is 12.6. The van der Waals surface area contributed by atoms with Gasteiger partial charge in [-0.3, -0.25) is 0 Å². The molecule has 1 aliphatic carbocycles. The van der Waals surface area contributed by atoms with Crippen molar-refractivity contribution in [3.05, 3.63) is 28.6 Å². The lowest BCUT2D eigenvalue weighted by atomic mass is 9.87. The van der Waals surface area contributed by atoms with Crippen molar-refractivity contribution in [2.75, 3.05) is 7.11 Å². The quantitative estimate of drug-likeness (QED) is 0.780. The van der Waals surface area contributed by atoms with Crippen LogP contribution in [0.2, 0.25) is 0 Å². The van der Waals surface area contributed by atoms with Gasteiger partial charge in [-0.15, -0.1) is 0 Å². The highest BCUT2D eigenvalue weighted by molar-refractivity contribution is 5.89. The van der Waals surface area contributed by atoms with Gasteiger partial charge in [-0.2, -0.15) is 0 Å². The van der Waals surface area contributed by atoms with E-state index in [4.69, 9.17) is 9.47 Å². The molecular formula is C16H20FO4-. The molecule has 1 unspecified atom stereocenters. The summed E-state index contributed by atoms with van der Waals surface area (Å²) < 4.78 is 25.3. The lowest BCUT2D eigenvalue weighted by molar-refractivity contribution is -0.255. The van der Waals surface area contributed by atoms with Crippen molar-refractivity contribution in [2.24, 2.45) is 5.92 Å². The van der Waals surface area contributed by atoms with Gasteiger partial charge in [-0.25, -0.2) is 4.39 Å². The molecule has 0 fully saturated rings. The second-order valence-electron chi connectivity index (χ2n) is 5.65. The van der Waals surface area contributed by atoms with Gasteiger partial charge < -0.3 is 19.4 Å². The van der Waals surface area contributed by atoms with Gasteiger partial charge in [0.1, 0.15) is 0 Å². The number of methoxy groups -OCH3 is 1. The number of carboxylic acids is 1. The van der Waals surface area contributed by atoms with Gasteiger partial charge in [0.15, 0.2) is 11.6 Å². The fourth-order valence-corrected chi connectivity index (χ4v) is 2.72. The normalized spacial score (nSPS) is 15.7. The van der Waals surface area contributed by atoms with E-state index in [1.54, 1.807) is 0 Å². The maximum Gasteiger partial charge on any atom is 0.202 e. The fraction of sp³-hybridized carbons (Fsp3) is 0.562. The van der Waals surface area contributed by atoms with E-state index < -0.39 is 18.1 Å². The molecule has 1 aromatic carbocycles. The standard InChI is InChI=1S/C16H21FO4/c1-9(2)16(20-3)21-13-8-12(15(18)19)10-6-4-5-7-11(10)14(13)17/h8-9,16H,4-7H2,1-3H3,(H,18,19)/p-1. The molecule has 1 aromatic rings. The Balaban J connectivity index is 2.46. The molecule has 0 aromatic heterocycles. The summed E-state index contributed by atoms with van der Waals surface area (Å²) >= 11 is 0. The van der Waals surface area contributed by atoms with E-state index in [1.165, 1.54) is 13.2 Å². The molecule has 1 atom stereocenters. The molecule has 0 saturated heterocycles. The Morgan fingerprint density at radius 2 is 1.90 bits per heavy atom. The molecule has 0 aliphatic heterocycles. The predicted molar refractivity (Wildman–Crippen MR) is 73.6 cm³/mol. The van der Waals surface area contributed by atoms with E-state index in [2.05, 4.69) is 0 Å². The number of hydrogen-bond acceptors (Lipinski definition) is 4. The van der Waals surface area contributed by atoms with Crippen molar-refractivity contribution in [2.45, 2.75) is 45.8 Å². The maximum atomic E-state index is 14.6. The van der Waals surface area contributed by atoms with Crippen molar-refractivity contribution in [1.29, 1.82) is 0 Å². The van der Waals surface area contributed by atoms with Crippen molar-refractivity contribution >= 4 is 5.97 Å². The third-order valence-corrected chi connectivity index (χ3v) is 3.79. The first-order chi connectivity index (χ1) is 9.95. The number of hydrogen-bond donors (Lipinski definition) is 0. The van der Waals surface area contributed by atoms with Gasteiger partial charge in [0.2, 0.25) is 6.29 Å². The smallest absolute Gasteiger partial charge is 0.202 e. The molecule has 0 heterocycles. The van der Waals surface area contributed by atoms with E-state index in [1.807, 2.05) is 13.8 Å². The Kier molecular flexibility index (Phi) is 4.83. The van der Waals surface area contributed by atoms with Gasteiger partial charge in [-0.1, -0.05) is 13.8 Å². The molecule has 116 valence electrons. The average Bonchev–Trinajstić information content (AvgIpc) is 2.46. The molecule has 0 amide bonds. The molecule has 5 heteroatoms. The fourth-order valence-electron chi connectivity index (χ4n) is 2.72. The monoisotopic (exact) mass is 295 g/mol. The molecule has 21 heavy (non-hydrogen) atoms. The summed E-state index contributed by atoms with van der Waals surface area (Å²) in [6, 6.07) is 1.23. The third kappa shape index (κ3) is 3.18. The van der Waals surface area contributed by atoms with Crippen LogP contribution in [-0.2, 0) is 17.6 Å². The van der Waals surface area contributed by atoms with Crippen molar-refractivity contribution < 1.29 is 23.8 Å². The zero-order chi connectivity index (χ0) is 15.6. The van der Waals surface area contributed by atoms with Crippen LogP contribution in [0.3, 0.4) is 0 Å². The summed E-state index contributed by atoms with van der Waals surface area (Å²) in [5, 5.41) is 11.3. The largest absolute Gasteiger partial charge is 0.545 e. The van der Waals surface area contributed by atoms with Crippen LogP contribution in [0, 0.1) is 11.7 Å². The summed E-state index contributed by atoms with van der Waals surface area (Å²) in [7, 11) is 1.47. The minimum absolute atomic E-state index is 0.0110. The average molecular weight is 295 g/mol. The van der Waals surface area contributed by atoms with Crippen LogP contribution in [0.15, 0.2) is 6.07 Å². The summed E-state index contributed by atoms with van der Waals surface area (Å²) in [6.45, 7) is 3.76. The Hall–Kier alpha value is -1.62. The van der Waals surface area contributed by atoms with Crippen LogP contribution >= 0.6 is 0 Å². The Bertz CT molecular complexity index is 540. The maximum absolute atomic E-state index is 14.6. The molecule has 0 bridgehead atoms. The van der Waals surface area contributed by atoms with E-state index in [0.29, 0.717) is 24.0 Å². The lowest BCUT2D eigenvalue weighted by Gasteiger charge is -2.26. The van der Waals surface area contributed by atoms with E-state index in [9.17, 15) is 14.3 Å². The van der Waals surface area contributed by atoms with Crippen molar-refractivity contribution in [1.82, 2.24) is 0 Å². The second-order valence-corrected chi connectivity index (χ2v) is 5.65. The highest BCUT2D eigenvalue weighted by Gasteiger charge is 2.24. The lowest BCUT2D eigenvalue weighted by Crippen LogP contribution is -2.28. The number of rotatable bonds is 5. The van der Waals surface area contributed by atoms with Crippen LogP contribution in [0.25, 0.3) is 0 Å². The first-order valence-electron chi connectivity index (χ1n) is 7.20. The van der Waals surface area contributed by atoms with Gasteiger partial charge in [0.05, 0.1) is 5.97 Å². The van der Waals surface area contributed by atoms with E-state index >= 15 is 0 Å². The minimum atomic E-state index is -1.29. The molecule has 0 N–H and O–H groups in total. The number of carboxylic acid groups (broad SMARTS) is 1. The zero-order valence-electron chi connectivity index (χ0n) is 12.6. The number of aromatic carboxylic acids is 1. The number of carbonyl (C=O) groups is 1. The number of benzene rings is 1. The second kappa shape index (κ2) is 6.43. The van der Waals surface area contributed by atoms with Gasteiger partial charge in [0.25, 0.3) is 0 Å². The van der Waals surface area contributed by atoms with Crippen LogP contribution in [0.1, 0.15) is 48.2 Å². The summed E-state index contributed by atoms with van der Waals surface area (Å²) in [6.07, 6.45) is 2.17. The van der Waals surface area contributed by atoms with E-state index in [-0.39, 0.29) is 17.2 Å². The number of fused-ring (bicyclic) bond motifs is 1. The van der Waals surface area contributed by atoms with Gasteiger partial charge in [-0.05, 0) is 42.9 Å². The van der Waals surface area contributed by atoms with E-state index in [0.717, 1.165) is 12.8 Å². The molecule has 0 radical (unpaired) electrons. The van der Waals surface area contributed by atoms with Crippen molar-refractivity contribution in [3.8, 4) is 5.75 Å². The summed E-state index contributed by atoms with van der Waals surface area (Å²) in [4.78, 5) is 11.3. The predicted octanol–water partition coefficient (Wildman–Crippen LogP) is 2.08. The highest BCUT2D eigenvalue weighted by Crippen LogP contribution is 2.33. The molecule has 4 nitrogen and oxygen atoms in total. The molecule has 0 spiro atoms. The van der Waals surface area contributed by atoms with Gasteiger partial charge in [0, 0.05) is 18.6 Å². The minimum Gasteiger partial charge on any atom is -0.545 e. The third-order valence-electron chi connectivity index (χ3n) is 3.79. The number of carbonyl (C=O) groups excluding carboxylic acids is 1. The van der Waals surface area contributed by atoms with Crippen molar-refractivity contribution in [3.63, 3.8) is 0 Å². The Labute approximate surface area is 123 Å². The van der Waals surface area contributed by atoms with Crippen LogP contribution < -0.4 is 9.84 Å². The van der Waals surface area contributed by atoms with Gasteiger partial charge >= 0.3 is 0 Å². The molecule has 1 aliphatic rings. The number of halogens is 1. The number of ether oxygens (including phenoxy) is 2. The molecule has 2 rings (SSSR count). The Morgan fingerprint density at radius 1 is 1.29 bits per heavy atom. The molecule has 0 saturated carbocycles. The van der Waals surface area contributed by atoms with Crippen LogP contribution in [-0.4, -0.2) is 19.4 Å². The Morgan fingerprint density at radius 3 is 2.43 bits per heavy atom. The van der Waals surface area contributed by atoms with Crippen LogP contribution in [0.5, 0.6) is 5.75 Å². The topological polar surface area (TPSA) is 58.6 Å². The summed E-state index contributed by atoms with van der Waals surface area (Å²) in [5.41, 5.74) is 1.01. The highest BCUT2D eigenvalue weighted by atomic mass is 19.1. The SMILES string of the molecule is COC(Oc1cc(C(=O)[O-])c2c(c1F)CCCC2)C(C)C.